The molecular formula is C20H21N2O+. The Morgan fingerprint density at radius 2 is 1.78 bits per heavy atom. The SMILES string of the molecule is CCc1cc2c3[nH]c4c(OC)cccc4c3cc[n+]2cc1CC. The predicted octanol–water partition coefficient (Wildman–Crippen LogP) is 4.19. The molecule has 4 rings (SSSR count). The van der Waals surface area contributed by atoms with Crippen LogP contribution in [0.25, 0.3) is 27.3 Å². The Balaban J connectivity index is 2.15. The lowest BCUT2D eigenvalue weighted by Crippen LogP contribution is -2.22. The first-order valence-electron chi connectivity index (χ1n) is 8.21. The average Bonchev–Trinajstić information content (AvgIpc) is 2.99. The van der Waals surface area contributed by atoms with Gasteiger partial charge in [0.25, 0.3) is 0 Å². The van der Waals surface area contributed by atoms with E-state index in [4.69, 9.17) is 4.74 Å². The van der Waals surface area contributed by atoms with Crippen LogP contribution in [0.15, 0.2) is 42.7 Å². The third kappa shape index (κ3) is 2.00. The van der Waals surface area contributed by atoms with E-state index in [2.05, 4.69) is 53.8 Å². The van der Waals surface area contributed by atoms with Crippen LogP contribution in [0.3, 0.4) is 0 Å². The summed E-state index contributed by atoms with van der Waals surface area (Å²) in [4.78, 5) is 3.58. The summed E-state index contributed by atoms with van der Waals surface area (Å²) >= 11 is 0. The first kappa shape index (κ1) is 14.1. The Labute approximate surface area is 135 Å². The summed E-state index contributed by atoms with van der Waals surface area (Å²) in [6, 6.07) is 10.7. The maximum atomic E-state index is 5.51. The third-order valence-electron chi connectivity index (χ3n) is 4.77. The van der Waals surface area contributed by atoms with Crippen molar-refractivity contribution >= 4 is 27.3 Å². The van der Waals surface area contributed by atoms with Crippen molar-refractivity contribution in [1.82, 2.24) is 4.98 Å². The van der Waals surface area contributed by atoms with Crippen LogP contribution >= 0.6 is 0 Å². The molecule has 0 saturated carbocycles. The van der Waals surface area contributed by atoms with Crippen LogP contribution in [0.5, 0.6) is 5.75 Å². The Kier molecular flexibility index (Phi) is 3.22. The standard InChI is InChI=1S/C20H20N2O/c1-4-13-11-17-19-16(9-10-22(17)12-14(13)5-2)15-7-6-8-18(23-3)20(15)21-19/h6-12H,4-5H2,1-3H3/p+1. The normalized spacial score (nSPS) is 11.6. The van der Waals surface area contributed by atoms with Crippen molar-refractivity contribution in [2.24, 2.45) is 0 Å². The number of pyridine rings is 2. The second-order valence-corrected chi connectivity index (χ2v) is 5.94. The van der Waals surface area contributed by atoms with Crippen LogP contribution in [0.4, 0.5) is 0 Å². The van der Waals surface area contributed by atoms with Gasteiger partial charge in [0.05, 0.1) is 12.6 Å². The zero-order valence-electron chi connectivity index (χ0n) is 13.8. The summed E-state index contributed by atoms with van der Waals surface area (Å²) in [5.41, 5.74) is 6.29. The molecule has 3 heteroatoms. The first-order valence-corrected chi connectivity index (χ1v) is 8.21. The van der Waals surface area contributed by atoms with E-state index in [0.29, 0.717) is 0 Å². The fourth-order valence-electron chi connectivity index (χ4n) is 3.54. The molecule has 116 valence electrons. The number of benzene rings is 1. The molecule has 0 aliphatic heterocycles. The van der Waals surface area contributed by atoms with E-state index in [-0.39, 0.29) is 0 Å². The number of aromatic nitrogens is 2. The third-order valence-corrected chi connectivity index (χ3v) is 4.77. The van der Waals surface area contributed by atoms with Crippen LogP contribution in [-0.2, 0) is 12.8 Å². The maximum Gasteiger partial charge on any atom is 0.235 e. The van der Waals surface area contributed by atoms with Gasteiger partial charge in [-0.3, -0.25) is 0 Å². The monoisotopic (exact) mass is 305 g/mol. The number of methoxy groups -OCH3 is 1. The molecule has 0 aliphatic rings. The molecule has 23 heavy (non-hydrogen) atoms. The van der Waals surface area contributed by atoms with Crippen molar-refractivity contribution in [3.63, 3.8) is 0 Å². The molecule has 0 bridgehead atoms. The van der Waals surface area contributed by atoms with Gasteiger partial charge in [0, 0.05) is 28.5 Å². The van der Waals surface area contributed by atoms with Crippen molar-refractivity contribution < 1.29 is 9.14 Å². The number of nitrogens with zero attached hydrogens (tertiary/aromatic N) is 1. The zero-order chi connectivity index (χ0) is 16.0. The topological polar surface area (TPSA) is 29.1 Å². The summed E-state index contributed by atoms with van der Waals surface area (Å²) in [7, 11) is 1.72. The molecule has 1 N–H and O–H groups in total. The second kappa shape index (κ2) is 5.27. The molecule has 0 aliphatic carbocycles. The van der Waals surface area contributed by atoms with Gasteiger partial charge in [-0.25, -0.2) is 0 Å². The fourth-order valence-corrected chi connectivity index (χ4v) is 3.54. The van der Waals surface area contributed by atoms with Crippen molar-refractivity contribution in [3.8, 4) is 5.75 Å². The number of nitrogens with one attached hydrogen (secondary N) is 1. The second-order valence-electron chi connectivity index (χ2n) is 5.94. The van der Waals surface area contributed by atoms with Gasteiger partial charge in [-0.05, 0) is 24.5 Å². The van der Waals surface area contributed by atoms with Gasteiger partial charge in [0.2, 0.25) is 5.52 Å². The number of hydrogen-bond acceptors (Lipinski definition) is 1. The minimum atomic E-state index is 0.887. The number of aromatic amines is 1. The number of ether oxygens (including phenoxy) is 1. The van der Waals surface area contributed by atoms with Crippen LogP contribution in [0, 0.1) is 0 Å². The molecule has 3 nitrogen and oxygen atoms in total. The lowest BCUT2D eigenvalue weighted by atomic mass is 10.0. The van der Waals surface area contributed by atoms with Crippen LogP contribution in [0.2, 0.25) is 0 Å². The summed E-state index contributed by atoms with van der Waals surface area (Å²) in [6.07, 6.45) is 6.53. The Morgan fingerprint density at radius 3 is 2.52 bits per heavy atom. The van der Waals surface area contributed by atoms with E-state index < -0.39 is 0 Å². The molecular weight excluding hydrogens is 284 g/mol. The number of hydrogen-bond donors (Lipinski definition) is 1. The van der Waals surface area contributed by atoms with Gasteiger partial charge in [-0.2, -0.15) is 4.40 Å². The van der Waals surface area contributed by atoms with Crippen LogP contribution in [0.1, 0.15) is 25.0 Å². The molecule has 0 atom stereocenters. The molecule has 1 aromatic carbocycles. The van der Waals surface area contributed by atoms with Gasteiger partial charge in [-0.15, -0.1) is 0 Å². The van der Waals surface area contributed by atoms with Crippen LogP contribution < -0.4 is 9.14 Å². The van der Waals surface area contributed by atoms with E-state index in [1.807, 2.05) is 12.1 Å². The van der Waals surface area contributed by atoms with Crippen molar-refractivity contribution in [2.75, 3.05) is 7.11 Å². The average molecular weight is 305 g/mol. The number of aryl methyl sites for hydroxylation is 2. The number of para-hydroxylation sites is 1. The van der Waals surface area contributed by atoms with Gasteiger partial charge in [-0.1, -0.05) is 26.0 Å². The van der Waals surface area contributed by atoms with Gasteiger partial charge in [0.15, 0.2) is 12.4 Å². The Bertz CT molecular complexity index is 1030. The molecule has 3 aromatic heterocycles. The quantitative estimate of drug-likeness (QED) is 0.565. The maximum absolute atomic E-state index is 5.51. The van der Waals surface area contributed by atoms with E-state index in [9.17, 15) is 0 Å². The zero-order valence-corrected chi connectivity index (χ0v) is 13.8. The highest BCUT2D eigenvalue weighted by atomic mass is 16.5. The highest BCUT2D eigenvalue weighted by molar-refractivity contribution is 6.12. The van der Waals surface area contributed by atoms with E-state index in [1.54, 1.807) is 7.11 Å². The van der Waals surface area contributed by atoms with E-state index >= 15 is 0 Å². The number of H-pyrrole nitrogens is 1. The fraction of sp³-hybridized carbons (Fsp3) is 0.250. The highest BCUT2D eigenvalue weighted by Crippen LogP contribution is 2.32. The Hall–Kier alpha value is -2.55. The van der Waals surface area contributed by atoms with Crippen molar-refractivity contribution in [3.05, 3.63) is 53.9 Å². The Morgan fingerprint density at radius 1 is 1.00 bits per heavy atom. The smallest absolute Gasteiger partial charge is 0.235 e. The van der Waals surface area contributed by atoms with E-state index in [0.717, 1.165) is 24.1 Å². The molecule has 0 fully saturated rings. The predicted molar refractivity (Wildman–Crippen MR) is 94.3 cm³/mol. The molecule has 0 amide bonds. The molecule has 0 radical (unpaired) electrons. The minimum absolute atomic E-state index is 0.887. The van der Waals surface area contributed by atoms with Gasteiger partial charge >= 0.3 is 0 Å². The summed E-state index contributed by atoms with van der Waals surface area (Å²) in [6.45, 7) is 4.44. The first-order chi connectivity index (χ1) is 11.3. The minimum Gasteiger partial charge on any atom is -0.495 e. The van der Waals surface area contributed by atoms with Crippen molar-refractivity contribution in [1.29, 1.82) is 0 Å². The lowest BCUT2D eigenvalue weighted by molar-refractivity contribution is -0.511. The van der Waals surface area contributed by atoms with Crippen molar-refractivity contribution in [2.45, 2.75) is 26.7 Å². The van der Waals surface area contributed by atoms with Gasteiger partial charge in [0.1, 0.15) is 11.3 Å². The molecule has 0 unspecified atom stereocenters. The van der Waals surface area contributed by atoms with Crippen LogP contribution in [-0.4, -0.2) is 12.1 Å². The highest BCUT2D eigenvalue weighted by Gasteiger charge is 2.17. The number of rotatable bonds is 3. The van der Waals surface area contributed by atoms with Gasteiger partial charge < -0.3 is 9.72 Å². The molecule has 0 saturated heterocycles. The largest absolute Gasteiger partial charge is 0.495 e. The lowest BCUT2D eigenvalue weighted by Gasteiger charge is -2.03. The van der Waals surface area contributed by atoms with E-state index in [1.165, 1.54) is 32.9 Å². The number of fused-ring (bicyclic) bond motifs is 5. The molecule has 0 spiro atoms. The summed E-state index contributed by atoms with van der Waals surface area (Å²) < 4.78 is 7.74. The molecule has 3 heterocycles. The summed E-state index contributed by atoms with van der Waals surface area (Å²) in [5.74, 6) is 0.887. The summed E-state index contributed by atoms with van der Waals surface area (Å²) in [5, 5.41) is 2.45. The molecule has 4 aromatic rings.